The maximum absolute atomic E-state index is 12.1. The van der Waals surface area contributed by atoms with E-state index in [9.17, 15) is 9.90 Å². The quantitative estimate of drug-likeness (QED) is 0.405. The van der Waals surface area contributed by atoms with Crippen LogP contribution in [0.4, 0.5) is 0 Å². The van der Waals surface area contributed by atoms with Gasteiger partial charge in [-0.05, 0) is 16.7 Å². The van der Waals surface area contributed by atoms with Gasteiger partial charge >= 0.3 is 5.97 Å². The van der Waals surface area contributed by atoms with Crippen molar-refractivity contribution in [2.24, 2.45) is 0 Å². The average Bonchev–Trinajstić information content (AvgIpc) is 2.89. The Kier molecular flexibility index (Phi) is 9.61. The van der Waals surface area contributed by atoms with Crippen LogP contribution in [0.3, 0.4) is 0 Å². The summed E-state index contributed by atoms with van der Waals surface area (Å²) in [6, 6.07) is 29.0. The third-order valence-corrected chi connectivity index (χ3v) is 5.88. The lowest BCUT2D eigenvalue weighted by Gasteiger charge is -2.43. The minimum absolute atomic E-state index is 0.134. The maximum Gasteiger partial charge on any atom is 0.303 e. The molecule has 190 valence electrons. The van der Waals surface area contributed by atoms with Crippen molar-refractivity contribution < 1.29 is 33.6 Å². The van der Waals surface area contributed by atoms with Gasteiger partial charge in [0.05, 0.1) is 26.4 Å². The molecule has 0 radical (unpaired) electrons. The predicted molar refractivity (Wildman–Crippen MR) is 133 cm³/mol. The smallest absolute Gasteiger partial charge is 0.303 e. The third-order valence-electron chi connectivity index (χ3n) is 5.88. The SMILES string of the molecule is CC(=O)O[C@@H]1[C@H](OCc2ccccc2)[C@@H](O)O[C@H](COCc2ccccc2)[C@H]1OCc1ccccc1. The molecule has 0 saturated carbocycles. The topological polar surface area (TPSA) is 83.5 Å². The first-order valence-electron chi connectivity index (χ1n) is 12.0. The van der Waals surface area contributed by atoms with Crippen LogP contribution in [0.5, 0.6) is 0 Å². The number of esters is 1. The van der Waals surface area contributed by atoms with Gasteiger partial charge < -0.3 is 28.8 Å². The fourth-order valence-corrected chi connectivity index (χ4v) is 4.13. The molecule has 1 N–H and O–H groups in total. The van der Waals surface area contributed by atoms with Gasteiger partial charge in [-0.1, -0.05) is 91.0 Å². The van der Waals surface area contributed by atoms with Crippen LogP contribution in [0.2, 0.25) is 0 Å². The molecule has 5 atom stereocenters. The largest absolute Gasteiger partial charge is 0.457 e. The first-order valence-corrected chi connectivity index (χ1v) is 12.0. The van der Waals surface area contributed by atoms with E-state index in [1.54, 1.807) is 0 Å². The number of hydrogen-bond acceptors (Lipinski definition) is 7. The number of hydrogen-bond donors (Lipinski definition) is 1. The zero-order valence-electron chi connectivity index (χ0n) is 20.3. The Labute approximate surface area is 211 Å². The van der Waals surface area contributed by atoms with Crippen molar-refractivity contribution in [1.29, 1.82) is 0 Å². The number of aliphatic hydroxyl groups excluding tert-OH is 1. The summed E-state index contributed by atoms with van der Waals surface area (Å²) < 4.78 is 29.8. The van der Waals surface area contributed by atoms with Crippen molar-refractivity contribution in [3.05, 3.63) is 108 Å². The summed E-state index contributed by atoms with van der Waals surface area (Å²) in [7, 11) is 0. The summed E-state index contributed by atoms with van der Waals surface area (Å²) in [5, 5.41) is 10.9. The molecule has 7 nitrogen and oxygen atoms in total. The summed E-state index contributed by atoms with van der Waals surface area (Å²) >= 11 is 0. The minimum atomic E-state index is -1.33. The Morgan fingerprint density at radius 3 is 1.69 bits per heavy atom. The van der Waals surface area contributed by atoms with Crippen LogP contribution in [-0.4, -0.2) is 48.4 Å². The molecule has 0 amide bonds. The predicted octanol–water partition coefficient (Wildman–Crippen LogP) is 4.02. The van der Waals surface area contributed by atoms with Gasteiger partial charge in [-0.25, -0.2) is 0 Å². The monoisotopic (exact) mass is 492 g/mol. The van der Waals surface area contributed by atoms with Crippen LogP contribution in [0.15, 0.2) is 91.0 Å². The zero-order valence-corrected chi connectivity index (χ0v) is 20.3. The molecular weight excluding hydrogens is 460 g/mol. The second kappa shape index (κ2) is 13.3. The molecule has 0 bridgehead atoms. The lowest BCUT2D eigenvalue weighted by molar-refractivity contribution is -0.310. The van der Waals surface area contributed by atoms with Gasteiger partial charge in [0, 0.05) is 6.92 Å². The van der Waals surface area contributed by atoms with Crippen molar-refractivity contribution in [2.75, 3.05) is 6.61 Å². The highest BCUT2D eigenvalue weighted by molar-refractivity contribution is 5.66. The third kappa shape index (κ3) is 7.46. The molecule has 3 aromatic rings. The van der Waals surface area contributed by atoms with E-state index in [0.29, 0.717) is 6.61 Å². The Morgan fingerprint density at radius 2 is 1.19 bits per heavy atom. The van der Waals surface area contributed by atoms with Crippen LogP contribution in [-0.2, 0) is 48.3 Å². The lowest BCUT2D eigenvalue weighted by Crippen LogP contribution is -2.61. The van der Waals surface area contributed by atoms with Crippen LogP contribution in [0.1, 0.15) is 23.6 Å². The van der Waals surface area contributed by atoms with Crippen molar-refractivity contribution in [3.8, 4) is 0 Å². The summed E-state index contributed by atoms with van der Waals surface area (Å²) in [6.07, 6.45) is -4.59. The zero-order chi connectivity index (χ0) is 25.2. The molecule has 1 aliphatic heterocycles. The summed E-state index contributed by atoms with van der Waals surface area (Å²) in [5.74, 6) is -0.500. The van der Waals surface area contributed by atoms with Crippen LogP contribution < -0.4 is 0 Å². The summed E-state index contributed by atoms with van der Waals surface area (Å²) in [4.78, 5) is 12.1. The molecule has 1 aliphatic rings. The number of ether oxygens (including phenoxy) is 5. The maximum atomic E-state index is 12.1. The molecule has 1 saturated heterocycles. The highest BCUT2D eigenvalue weighted by Gasteiger charge is 2.49. The molecule has 4 rings (SSSR count). The molecule has 3 aromatic carbocycles. The highest BCUT2D eigenvalue weighted by Crippen LogP contribution is 2.29. The Bertz CT molecular complexity index is 1040. The van der Waals surface area contributed by atoms with Gasteiger partial charge in [-0.15, -0.1) is 0 Å². The molecule has 0 aromatic heterocycles. The fraction of sp³-hybridized carbons (Fsp3) is 0.345. The first kappa shape index (κ1) is 26.0. The average molecular weight is 493 g/mol. The van der Waals surface area contributed by atoms with E-state index in [2.05, 4.69) is 0 Å². The van der Waals surface area contributed by atoms with Crippen molar-refractivity contribution in [1.82, 2.24) is 0 Å². The van der Waals surface area contributed by atoms with Gasteiger partial charge in [-0.3, -0.25) is 4.79 Å². The van der Waals surface area contributed by atoms with Crippen molar-refractivity contribution in [2.45, 2.75) is 57.5 Å². The molecule has 36 heavy (non-hydrogen) atoms. The number of carbonyl (C=O) groups excluding carboxylic acids is 1. The molecule has 0 spiro atoms. The molecule has 1 fully saturated rings. The normalized spacial score (nSPS) is 23.8. The number of benzene rings is 3. The van der Waals surface area contributed by atoms with E-state index in [1.807, 2.05) is 91.0 Å². The summed E-state index contributed by atoms with van der Waals surface area (Å²) in [5.41, 5.74) is 2.88. The second-order valence-electron chi connectivity index (χ2n) is 8.66. The molecule has 0 aliphatic carbocycles. The van der Waals surface area contributed by atoms with E-state index in [4.69, 9.17) is 23.7 Å². The van der Waals surface area contributed by atoms with Gasteiger partial charge in [0.2, 0.25) is 0 Å². The minimum Gasteiger partial charge on any atom is -0.457 e. The van der Waals surface area contributed by atoms with Crippen LogP contribution in [0.25, 0.3) is 0 Å². The Hall–Kier alpha value is -3.07. The summed E-state index contributed by atoms with van der Waals surface area (Å²) in [6.45, 7) is 2.31. The number of carbonyl (C=O) groups is 1. The molecular formula is C29H32O7. The van der Waals surface area contributed by atoms with Crippen LogP contribution in [0, 0.1) is 0 Å². The number of aliphatic hydroxyl groups is 1. The van der Waals surface area contributed by atoms with Crippen molar-refractivity contribution >= 4 is 5.97 Å². The van der Waals surface area contributed by atoms with Gasteiger partial charge in [0.1, 0.15) is 18.3 Å². The van der Waals surface area contributed by atoms with Gasteiger partial charge in [0.15, 0.2) is 12.4 Å². The second-order valence-corrected chi connectivity index (χ2v) is 8.66. The number of rotatable bonds is 11. The Balaban J connectivity index is 1.51. The van der Waals surface area contributed by atoms with Crippen LogP contribution >= 0.6 is 0 Å². The first-order chi connectivity index (χ1) is 17.6. The Morgan fingerprint density at radius 1 is 0.722 bits per heavy atom. The van der Waals surface area contributed by atoms with Crippen molar-refractivity contribution in [3.63, 3.8) is 0 Å². The van der Waals surface area contributed by atoms with E-state index in [1.165, 1.54) is 6.92 Å². The highest BCUT2D eigenvalue weighted by atomic mass is 16.7. The van der Waals surface area contributed by atoms with E-state index in [0.717, 1.165) is 16.7 Å². The molecule has 0 unspecified atom stereocenters. The molecule has 1 heterocycles. The standard InChI is InChI=1S/C29H32O7/c1-21(30)35-27-26(33-18-23-13-7-3-8-14-23)25(20-32-17-22-11-5-2-6-12-22)36-29(31)28(27)34-19-24-15-9-4-10-16-24/h2-16,25-29,31H,17-20H2,1H3/t25-,26-,27+,28+,29+/m1/s1. The van der Waals surface area contributed by atoms with Gasteiger partial charge in [0.25, 0.3) is 0 Å². The van der Waals surface area contributed by atoms with E-state index in [-0.39, 0.29) is 19.8 Å². The fourth-order valence-electron chi connectivity index (χ4n) is 4.13. The van der Waals surface area contributed by atoms with Gasteiger partial charge in [-0.2, -0.15) is 0 Å². The van der Waals surface area contributed by atoms with E-state index >= 15 is 0 Å². The van der Waals surface area contributed by atoms with E-state index < -0.39 is 36.7 Å². The lowest BCUT2D eigenvalue weighted by atomic mass is 9.98. The molecule has 7 heteroatoms.